The monoisotopic (exact) mass is 283 g/mol. The number of rotatable bonds is 7. The Morgan fingerprint density at radius 2 is 2.25 bits per heavy atom. The molecular formula is C15H29N3O2. The van der Waals surface area contributed by atoms with E-state index in [9.17, 15) is 9.90 Å². The molecular weight excluding hydrogens is 254 g/mol. The van der Waals surface area contributed by atoms with Crippen molar-refractivity contribution >= 4 is 5.97 Å². The van der Waals surface area contributed by atoms with Crippen LogP contribution in [0.5, 0.6) is 0 Å². The van der Waals surface area contributed by atoms with Crippen LogP contribution < -0.4 is 5.32 Å². The Morgan fingerprint density at radius 1 is 1.45 bits per heavy atom. The molecule has 2 fully saturated rings. The van der Waals surface area contributed by atoms with Gasteiger partial charge < -0.3 is 10.4 Å². The third-order valence-electron chi connectivity index (χ3n) is 4.71. The van der Waals surface area contributed by atoms with Gasteiger partial charge in [-0.1, -0.05) is 6.92 Å². The lowest BCUT2D eigenvalue weighted by Crippen LogP contribution is -2.55. The van der Waals surface area contributed by atoms with E-state index in [1.54, 1.807) is 0 Å². The maximum Gasteiger partial charge on any atom is 0.320 e. The fourth-order valence-electron chi connectivity index (χ4n) is 3.49. The molecule has 0 aromatic heterocycles. The van der Waals surface area contributed by atoms with Crippen molar-refractivity contribution in [2.45, 2.75) is 57.7 Å². The number of carboxylic acids is 1. The molecule has 2 saturated heterocycles. The highest BCUT2D eigenvalue weighted by atomic mass is 16.4. The molecule has 2 aliphatic heterocycles. The van der Waals surface area contributed by atoms with Gasteiger partial charge in [0.25, 0.3) is 0 Å². The minimum atomic E-state index is -0.717. The maximum atomic E-state index is 11.3. The molecule has 0 radical (unpaired) electrons. The van der Waals surface area contributed by atoms with Crippen LogP contribution in [0.15, 0.2) is 0 Å². The van der Waals surface area contributed by atoms with E-state index < -0.39 is 12.0 Å². The Kier molecular flexibility index (Phi) is 5.81. The van der Waals surface area contributed by atoms with E-state index in [0.29, 0.717) is 18.5 Å². The molecule has 0 aliphatic carbocycles. The Hall–Kier alpha value is -0.650. The zero-order valence-electron chi connectivity index (χ0n) is 12.8. The lowest BCUT2D eigenvalue weighted by atomic mass is 10.1. The number of fused-ring (bicyclic) bond motifs is 1. The quantitative estimate of drug-likeness (QED) is 0.730. The van der Waals surface area contributed by atoms with Crippen LogP contribution in [0, 0.1) is 0 Å². The average molecular weight is 283 g/mol. The number of carboxylic acid groups (broad SMARTS) is 1. The van der Waals surface area contributed by atoms with E-state index >= 15 is 0 Å². The molecule has 3 unspecified atom stereocenters. The highest BCUT2D eigenvalue weighted by Gasteiger charge is 2.34. The van der Waals surface area contributed by atoms with Gasteiger partial charge in [0.2, 0.25) is 0 Å². The van der Waals surface area contributed by atoms with Crippen LogP contribution in [0.3, 0.4) is 0 Å². The molecule has 0 saturated carbocycles. The number of hydrogen-bond acceptors (Lipinski definition) is 4. The standard InChI is InChI=1S/C15H29N3O2/c1-3-7-16-14(15(19)20)6-9-17-11-13-5-4-8-18(13)10-12(17)2/h12-14,16H,3-11H2,1-2H3,(H,19,20). The van der Waals surface area contributed by atoms with Gasteiger partial charge in [-0.2, -0.15) is 0 Å². The second-order valence-corrected chi connectivity index (χ2v) is 6.27. The van der Waals surface area contributed by atoms with Crippen molar-refractivity contribution in [3.63, 3.8) is 0 Å². The zero-order chi connectivity index (χ0) is 14.5. The smallest absolute Gasteiger partial charge is 0.320 e. The third-order valence-corrected chi connectivity index (χ3v) is 4.71. The summed E-state index contributed by atoms with van der Waals surface area (Å²) in [6.07, 6.45) is 4.30. The number of nitrogens with one attached hydrogen (secondary N) is 1. The fraction of sp³-hybridized carbons (Fsp3) is 0.933. The van der Waals surface area contributed by atoms with Crippen molar-refractivity contribution in [3.8, 4) is 0 Å². The summed E-state index contributed by atoms with van der Waals surface area (Å²) in [6.45, 7) is 9.50. The van der Waals surface area contributed by atoms with Gasteiger partial charge in [-0.15, -0.1) is 0 Å². The Labute approximate surface area is 122 Å². The van der Waals surface area contributed by atoms with Gasteiger partial charge in [0.05, 0.1) is 0 Å². The largest absolute Gasteiger partial charge is 0.480 e. The van der Waals surface area contributed by atoms with E-state index in [0.717, 1.165) is 32.6 Å². The van der Waals surface area contributed by atoms with Crippen LogP contribution in [0.25, 0.3) is 0 Å². The normalized spacial score (nSPS) is 29.3. The number of aliphatic carboxylic acids is 1. The lowest BCUT2D eigenvalue weighted by Gasteiger charge is -2.42. The van der Waals surface area contributed by atoms with E-state index in [1.165, 1.54) is 19.4 Å². The number of hydrogen-bond donors (Lipinski definition) is 2. The first-order chi connectivity index (χ1) is 9.61. The van der Waals surface area contributed by atoms with Crippen molar-refractivity contribution in [2.75, 3.05) is 32.7 Å². The highest BCUT2D eigenvalue weighted by Crippen LogP contribution is 2.24. The summed E-state index contributed by atoms with van der Waals surface area (Å²) in [6, 6.07) is 0.854. The molecule has 20 heavy (non-hydrogen) atoms. The molecule has 0 aromatic rings. The molecule has 2 heterocycles. The molecule has 2 N–H and O–H groups in total. The van der Waals surface area contributed by atoms with Crippen LogP contribution >= 0.6 is 0 Å². The summed E-state index contributed by atoms with van der Waals surface area (Å²) in [5.41, 5.74) is 0. The van der Waals surface area contributed by atoms with Crippen LogP contribution in [-0.4, -0.2) is 71.7 Å². The number of nitrogens with zero attached hydrogens (tertiary/aromatic N) is 2. The molecule has 0 aromatic carbocycles. The molecule has 3 atom stereocenters. The molecule has 0 bridgehead atoms. The summed E-state index contributed by atoms with van der Waals surface area (Å²) >= 11 is 0. The summed E-state index contributed by atoms with van der Waals surface area (Å²) in [4.78, 5) is 16.3. The van der Waals surface area contributed by atoms with Crippen molar-refractivity contribution in [1.29, 1.82) is 0 Å². The second-order valence-electron chi connectivity index (χ2n) is 6.27. The topological polar surface area (TPSA) is 55.8 Å². The summed E-state index contributed by atoms with van der Waals surface area (Å²) in [5.74, 6) is -0.717. The minimum Gasteiger partial charge on any atom is -0.480 e. The molecule has 2 rings (SSSR count). The third kappa shape index (κ3) is 3.93. The molecule has 5 heteroatoms. The van der Waals surface area contributed by atoms with Gasteiger partial charge >= 0.3 is 5.97 Å². The first-order valence-corrected chi connectivity index (χ1v) is 8.06. The van der Waals surface area contributed by atoms with E-state index in [1.807, 2.05) is 0 Å². The van der Waals surface area contributed by atoms with Gasteiger partial charge in [0.1, 0.15) is 6.04 Å². The van der Waals surface area contributed by atoms with Gasteiger partial charge in [-0.25, -0.2) is 0 Å². The van der Waals surface area contributed by atoms with Gasteiger partial charge in [-0.3, -0.25) is 14.6 Å². The van der Waals surface area contributed by atoms with Crippen molar-refractivity contribution < 1.29 is 9.90 Å². The summed E-state index contributed by atoms with van der Waals surface area (Å²) < 4.78 is 0. The first-order valence-electron chi connectivity index (χ1n) is 8.06. The van der Waals surface area contributed by atoms with Gasteiger partial charge in [0, 0.05) is 31.7 Å². The molecule has 2 aliphatic rings. The maximum absolute atomic E-state index is 11.3. The van der Waals surface area contributed by atoms with Crippen molar-refractivity contribution in [2.24, 2.45) is 0 Å². The van der Waals surface area contributed by atoms with Crippen LogP contribution in [0.1, 0.15) is 39.5 Å². The van der Waals surface area contributed by atoms with Crippen molar-refractivity contribution in [3.05, 3.63) is 0 Å². The lowest BCUT2D eigenvalue weighted by molar-refractivity contribution is -0.139. The highest BCUT2D eigenvalue weighted by molar-refractivity contribution is 5.73. The Morgan fingerprint density at radius 3 is 2.95 bits per heavy atom. The predicted molar refractivity (Wildman–Crippen MR) is 80.0 cm³/mol. The Balaban J connectivity index is 1.80. The van der Waals surface area contributed by atoms with Gasteiger partial charge in [0.15, 0.2) is 0 Å². The summed E-state index contributed by atoms with van der Waals surface area (Å²) in [5, 5.41) is 12.4. The van der Waals surface area contributed by atoms with Crippen molar-refractivity contribution in [1.82, 2.24) is 15.1 Å². The van der Waals surface area contributed by atoms with E-state index in [-0.39, 0.29) is 0 Å². The van der Waals surface area contributed by atoms with E-state index in [4.69, 9.17) is 0 Å². The number of carbonyl (C=O) groups is 1. The average Bonchev–Trinajstić information content (AvgIpc) is 2.85. The van der Waals surface area contributed by atoms with E-state index in [2.05, 4.69) is 29.0 Å². The zero-order valence-corrected chi connectivity index (χ0v) is 12.8. The van der Waals surface area contributed by atoms with Gasteiger partial charge in [-0.05, 0) is 45.7 Å². The number of piperazine rings is 1. The minimum absolute atomic E-state index is 0.399. The molecule has 0 amide bonds. The molecule has 116 valence electrons. The second kappa shape index (κ2) is 7.38. The van der Waals surface area contributed by atoms with Crippen LogP contribution in [0.2, 0.25) is 0 Å². The fourth-order valence-corrected chi connectivity index (χ4v) is 3.49. The predicted octanol–water partition coefficient (Wildman–Crippen LogP) is 0.998. The molecule has 5 nitrogen and oxygen atoms in total. The molecule has 0 spiro atoms. The SMILES string of the molecule is CCCNC(CCN1CC2CCCN2CC1C)C(=O)O. The van der Waals surface area contributed by atoms with Crippen LogP contribution in [0.4, 0.5) is 0 Å². The van der Waals surface area contributed by atoms with Crippen LogP contribution in [-0.2, 0) is 4.79 Å². The first kappa shape index (κ1) is 15.7. The Bertz CT molecular complexity index is 324. The summed E-state index contributed by atoms with van der Waals surface area (Å²) in [7, 11) is 0.